The molecule has 0 radical (unpaired) electrons. The lowest BCUT2D eigenvalue weighted by Gasteiger charge is -2.06. The third kappa shape index (κ3) is 2.76. The Morgan fingerprint density at radius 1 is 1.59 bits per heavy atom. The Kier molecular flexibility index (Phi) is 3.64. The molecule has 1 unspecified atom stereocenters. The molecule has 0 saturated heterocycles. The molecule has 1 amide bonds. The van der Waals surface area contributed by atoms with Gasteiger partial charge in [-0.1, -0.05) is 36.8 Å². The van der Waals surface area contributed by atoms with Gasteiger partial charge >= 0.3 is 0 Å². The van der Waals surface area contributed by atoms with Crippen LogP contribution >= 0.6 is 22.9 Å². The number of hydrogen-bond acceptors (Lipinski definition) is 3. The summed E-state index contributed by atoms with van der Waals surface area (Å²) in [6.07, 6.45) is 0.822. The van der Waals surface area contributed by atoms with E-state index in [1.165, 1.54) is 11.3 Å². The Balaban J connectivity index is 2.22. The first-order valence-corrected chi connectivity index (χ1v) is 6.66. The van der Waals surface area contributed by atoms with Crippen molar-refractivity contribution in [1.82, 2.24) is 4.98 Å². The molecule has 1 atom stereocenters. The van der Waals surface area contributed by atoms with Gasteiger partial charge in [0.05, 0.1) is 10.2 Å². The summed E-state index contributed by atoms with van der Waals surface area (Å²) in [5, 5.41) is 4.14. The summed E-state index contributed by atoms with van der Waals surface area (Å²) in [4.78, 5) is 16.1. The SMILES string of the molecule is CCC(C)C(=O)Nc1nc2ccc(Cl)cc2s1. The Bertz CT molecular complexity index is 552. The minimum Gasteiger partial charge on any atom is -0.302 e. The number of hydrogen-bond donors (Lipinski definition) is 1. The van der Waals surface area contributed by atoms with Crippen LogP contribution in [0.5, 0.6) is 0 Å². The highest BCUT2D eigenvalue weighted by atomic mass is 35.5. The molecule has 0 aliphatic heterocycles. The summed E-state index contributed by atoms with van der Waals surface area (Å²) >= 11 is 7.34. The molecule has 1 N–H and O–H groups in total. The van der Waals surface area contributed by atoms with Crippen LogP contribution in [0.1, 0.15) is 20.3 Å². The summed E-state index contributed by atoms with van der Waals surface area (Å²) < 4.78 is 0.983. The number of carbonyl (C=O) groups excluding carboxylic acids is 1. The normalized spacial score (nSPS) is 12.6. The molecule has 1 heterocycles. The van der Waals surface area contributed by atoms with Crippen LogP contribution in [-0.2, 0) is 4.79 Å². The van der Waals surface area contributed by atoms with E-state index in [-0.39, 0.29) is 11.8 Å². The van der Waals surface area contributed by atoms with Gasteiger partial charge in [-0.05, 0) is 24.6 Å². The van der Waals surface area contributed by atoms with Crippen molar-refractivity contribution in [2.45, 2.75) is 20.3 Å². The molecule has 0 aliphatic rings. The monoisotopic (exact) mass is 268 g/mol. The predicted molar refractivity (Wildman–Crippen MR) is 72.7 cm³/mol. The maximum atomic E-state index is 11.7. The second-order valence-electron chi connectivity index (χ2n) is 3.93. The third-order valence-corrected chi connectivity index (χ3v) is 3.81. The van der Waals surface area contributed by atoms with Crippen LogP contribution in [0.3, 0.4) is 0 Å². The molecule has 0 aliphatic carbocycles. The maximum absolute atomic E-state index is 11.7. The van der Waals surface area contributed by atoms with Crippen molar-refractivity contribution in [2.24, 2.45) is 5.92 Å². The van der Waals surface area contributed by atoms with Gasteiger partial charge in [0.2, 0.25) is 5.91 Å². The average Bonchev–Trinajstić information content (AvgIpc) is 2.69. The van der Waals surface area contributed by atoms with E-state index in [9.17, 15) is 4.79 Å². The maximum Gasteiger partial charge on any atom is 0.228 e. The first-order chi connectivity index (χ1) is 8.10. The highest BCUT2D eigenvalue weighted by molar-refractivity contribution is 7.22. The van der Waals surface area contributed by atoms with Crippen LogP contribution in [0.25, 0.3) is 10.2 Å². The first kappa shape index (κ1) is 12.3. The number of halogens is 1. The van der Waals surface area contributed by atoms with Crippen molar-refractivity contribution >= 4 is 44.2 Å². The fraction of sp³-hybridized carbons (Fsp3) is 0.333. The van der Waals surface area contributed by atoms with E-state index in [4.69, 9.17) is 11.6 Å². The highest BCUT2D eigenvalue weighted by Crippen LogP contribution is 2.28. The molecular weight excluding hydrogens is 256 g/mol. The van der Waals surface area contributed by atoms with Crippen molar-refractivity contribution in [3.63, 3.8) is 0 Å². The number of rotatable bonds is 3. The quantitative estimate of drug-likeness (QED) is 0.916. The van der Waals surface area contributed by atoms with E-state index in [1.54, 1.807) is 6.07 Å². The smallest absolute Gasteiger partial charge is 0.228 e. The number of amides is 1. The van der Waals surface area contributed by atoms with E-state index in [1.807, 2.05) is 26.0 Å². The van der Waals surface area contributed by atoms with Gasteiger partial charge in [-0.25, -0.2) is 4.98 Å². The van der Waals surface area contributed by atoms with Gasteiger partial charge in [0, 0.05) is 10.9 Å². The number of anilines is 1. The molecule has 1 aromatic carbocycles. The van der Waals surface area contributed by atoms with Crippen LogP contribution in [0.15, 0.2) is 18.2 Å². The van der Waals surface area contributed by atoms with Gasteiger partial charge in [-0.15, -0.1) is 0 Å². The van der Waals surface area contributed by atoms with E-state index in [0.717, 1.165) is 16.6 Å². The zero-order valence-electron chi connectivity index (χ0n) is 9.66. The molecular formula is C12H13ClN2OS. The van der Waals surface area contributed by atoms with Crippen LogP contribution in [-0.4, -0.2) is 10.9 Å². The summed E-state index contributed by atoms with van der Waals surface area (Å²) in [5.74, 6) is 0.0169. The van der Waals surface area contributed by atoms with E-state index >= 15 is 0 Å². The minimum atomic E-state index is 0.00519. The number of aromatic nitrogens is 1. The number of nitrogens with zero attached hydrogens (tertiary/aromatic N) is 1. The molecule has 2 aromatic rings. The fourth-order valence-electron chi connectivity index (χ4n) is 1.37. The van der Waals surface area contributed by atoms with Gasteiger partial charge in [-0.2, -0.15) is 0 Å². The van der Waals surface area contributed by atoms with Crippen molar-refractivity contribution in [3.8, 4) is 0 Å². The Hall–Kier alpha value is -1.13. The molecule has 1 aromatic heterocycles. The third-order valence-electron chi connectivity index (χ3n) is 2.64. The summed E-state index contributed by atoms with van der Waals surface area (Å²) in [5.41, 5.74) is 0.860. The van der Waals surface area contributed by atoms with Gasteiger partial charge in [0.15, 0.2) is 5.13 Å². The van der Waals surface area contributed by atoms with E-state index in [2.05, 4.69) is 10.3 Å². The average molecular weight is 269 g/mol. The summed E-state index contributed by atoms with van der Waals surface area (Å²) in [6.45, 7) is 3.89. The first-order valence-electron chi connectivity index (χ1n) is 5.47. The molecule has 17 heavy (non-hydrogen) atoms. The van der Waals surface area contributed by atoms with Crippen molar-refractivity contribution in [3.05, 3.63) is 23.2 Å². The lowest BCUT2D eigenvalue weighted by Crippen LogP contribution is -2.19. The van der Waals surface area contributed by atoms with Gasteiger partial charge in [0.1, 0.15) is 0 Å². The fourth-order valence-corrected chi connectivity index (χ4v) is 2.51. The van der Waals surface area contributed by atoms with Crippen LogP contribution < -0.4 is 5.32 Å². The zero-order valence-corrected chi connectivity index (χ0v) is 11.2. The Morgan fingerprint density at radius 2 is 2.35 bits per heavy atom. The number of carbonyl (C=O) groups is 1. The number of nitrogens with one attached hydrogen (secondary N) is 1. The highest BCUT2D eigenvalue weighted by Gasteiger charge is 2.13. The van der Waals surface area contributed by atoms with E-state index < -0.39 is 0 Å². The molecule has 0 saturated carbocycles. The van der Waals surface area contributed by atoms with Crippen LogP contribution in [0.4, 0.5) is 5.13 Å². The minimum absolute atomic E-state index is 0.00519. The second kappa shape index (κ2) is 5.02. The molecule has 0 spiro atoms. The Labute approximate surface area is 109 Å². The molecule has 0 fully saturated rings. The largest absolute Gasteiger partial charge is 0.302 e. The Morgan fingerprint density at radius 3 is 3.06 bits per heavy atom. The van der Waals surface area contributed by atoms with Gasteiger partial charge < -0.3 is 5.32 Å². The lowest BCUT2D eigenvalue weighted by molar-refractivity contribution is -0.119. The predicted octanol–water partition coefficient (Wildman–Crippen LogP) is 3.93. The molecule has 5 heteroatoms. The van der Waals surface area contributed by atoms with Crippen molar-refractivity contribution < 1.29 is 4.79 Å². The lowest BCUT2D eigenvalue weighted by atomic mass is 10.1. The second-order valence-corrected chi connectivity index (χ2v) is 5.40. The topological polar surface area (TPSA) is 42.0 Å². The molecule has 90 valence electrons. The van der Waals surface area contributed by atoms with E-state index in [0.29, 0.717) is 10.2 Å². The number of fused-ring (bicyclic) bond motifs is 1. The summed E-state index contributed by atoms with van der Waals surface area (Å²) in [7, 11) is 0. The van der Waals surface area contributed by atoms with Crippen LogP contribution in [0, 0.1) is 5.92 Å². The van der Waals surface area contributed by atoms with Gasteiger partial charge in [-0.3, -0.25) is 4.79 Å². The molecule has 3 nitrogen and oxygen atoms in total. The zero-order chi connectivity index (χ0) is 12.4. The molecule has 0 bridgehead atoms. The summed E-state index contributed by atoms with van der Waals surface area (Å²) in [6, 6.07) is 5.50. The van der Waals surface area contributed by atoms with Crippen LogP contribution in [0.2, 0.25) is 5.02 Å². The van der Waals surface area contributed by atoms with Gasteiger partial charge in [0.25, 0.3) is 0 Å². The number of thiazole rings is 1. The molecule has 2 rings (SSSR count). The number of benzene rings is 1. The standard InChI is InChI=1S/C12H13ClN2OS/c1-3-7(2)11(16)15-12-14-9-5-4-8(13)6-10(9)17-12/h4-7H,3H2,1-2H3,(H,14,15,16). The van der Waals surface area contributed by atoms with Crippen molar-refractivity contribution in [1.29, 1.82) is 0 Å². The van der Waals surface area contributed by atoms with Crippen molar-refractivity contribution in [2.75, 3.05) is 5.32 Å².